The molecule has 2 rings (SSSR count). The lowest BCUT2D eigenvalue weighted by Crippen LogP contribution is -2.19. The zero-order valence-electron chi connectivity index (χ0n) is 9.00. The number of aryl methyl sites for hydroxylation is 1. The fourth-order valence-corrected chi connectivity index (χ4v) is 1.83. The minimum Gasteiger partial charge on any atom is -0.409 e. The van der Waals surface area contributed by atoms with Crippen LogP contribution in [0.15, 0.2) is 34.3 Å². The normalized spacial score (nSPS) is 11.8. The van der Waals surface area contributed by atoms with Crippen molar-refractivity contribution < 1.29 is 5.21 Å². The van der Waals surface area contributed by atoms with Crippen molar-refractivity contribution in [3.8, 4) is 5.82 Å². The summed E-state index contributed by atoms with van der Waals surface area (Å²) in [6, 6.07) is 1.88. The fourth-order valence-electron chi connectivity index (χ4n) is 1.40. The second-order valence-corrected chi connectivity index (χ2v) is 4.16. The average molecular weight is 296 g/mol. The molecule has 6 nitrogen and oxygen atoms in total. The Hall–Kier alpha value is -1.89. The molecular weight excluding hydrogens is 286 g/mol. The maximum atomic E-state index is 8.68. The molecule has 2 heterocycles. The first kappa shape index (κ1) is 11.6. The quantitative estimate of drug-likeness (QED) is 0.380. The number of rotatable bonds is 2. The summed E-state index contributed by atoms with van der Waals surface area (Å²) in [7, 11) is 0. The van der Waals surface area contributed by atoms with Crippen LogP contribution in [-0.4, -0.2) is 25.6 Å². The van der Waals surface area contributed by atoms with Gasteiger partial charge in [-0.25, -0.2) is 9.97 Å². The summed E-state index contributed by atoms with van der Waals surface area (Å²) in [6.07, 6.45) is 4.94. The molecule has 0 atom stereocenters. The van der Waals surface area contributed by atoms with Crippen molar-refractivity contribution in [2.75, 3.05) is 0 Å². The SMILES string of the molecule is Cc1ccnc(-n2ccnc2/C(N)=N/O)c1Br. The molecule has 0 saturated heterocycles. The molecule has 0 aliphatic rings. The van der Waals surface area contributed by atoms with E-state index in [1.165, 1.54) is 0 Å². The van der Waals surface area contributed by atoms with E-state index in [4.69, 9.17) is 10.9 Å². The number of nitrogens with zero attached hydrogens (tertiary/aromatic N) is 4. The van der Waals surface area contributed by atoms with Crippen molar-refractivity contribution >= 4 is 21.8 Å². The Morgan fingerprint density at radius 1 is 1.47 bits per heavy atom. The van der Waals surface area contributed by atoms with Gasteiger partial charge >= 0.3 is 0 Å². The molecule has 0 fully saturated rings. The Labute approximate surface area is 106 Å². The number of nitrogens with two attached hydrogens (primary N) is 1. The third-order valence-electron chi connectivity index (χ3n) is 2.27. The van der Waals surface area contributed by atoms with E-state index in [-0.39, 0.29) is 5.84 Å². The second kappa shape index (κ2) is 4.54. The highest BCUT2D eigenvalue weighted by Gasteiger charge is 2.13. The number of halogens is 1. The molecule has 2 aromatic heterocycles. The van der Waals surface area contributed by atoms with Crippen LogP contribution in [0.5, 0.6) is 0 Å². The lowest BCUT2D eigenvalue weighted by molar-refractivity contribution is 0.318. The smallest absolute Gasteiger partial charge is 0.206 e. The van der Waals surface area contributed by atoms with E-state index >= 15 is 0 Å². The molecular formula is C10H10BrN5O. The van der Waals surface area contributed by atoms with E-state index in [2.05, 4.69) is 31.1 Å². The van der Waals surface area contributed by atoms with Gasteiger partial charge in [-0.05, 0) is 34.5 Å². The number of amidine groups is 1. The van der Waals surface area contributed by atoms with Gasteiger partial charge in [-0.1, -0.05) is 5.16 Å². The molecule has 0 aliphatic heterocycles. The molecule has 0 spiro atoms. The van der Waals surface area contributed by atoms with E-state index in [0.717, 1.165) is 10.0 Å². The van der Waals surface area contributed by atoms with Crippen molar-refractivity contribution in [2.45, 2.75) is 6.92 Å². The average Bonchev–Trinajstić information content (AvgIpc) is 2.80. The second-order valence-electron chi connectivity index (χ2n) is 3.37. The van der Waals surface area contributed by atoms with Gasteiger partial charge < -0.3 is 10.9 Å². The zero-order chi connectivity index (χ0) is 12.4. The minimum atomic E-state index is -0.0646. The number of hydrogen-bond donors (Lipinski definition) is 2. The van der Waals surface area contributed by atoms with Gasteiger partial charge in [-0.3, -0.25) is 4.57 Å². The third-order valence-corrected chi connectivity index (χ3v) is 3.25. The molecule has 3 N–H and O–H groups in total. The summed E-state index contributed by atoms with van der Waals surface area (Å²) in [6.45, 7) is 1.95. The number of hydrogen-bond acceptors (Lipinski definition) is 4. The number of imidazole rings is 1. The molecule has 7 heteroatoms. The summed E-state index contributed by atoms with van der Waals surface area (Å²) in [5.41, 5.74) is 6.57. The molecule has 2 aromatic rings. The highest BCUT2D eigenvalue weighted by Crippen LogP contribution is 2.23. The van der Waals surface area contributed by atoms with Gasteiger partial charge in [0.25, 0.3) is 0 Å². The topological polar surface area (TPSA) is 89.3 Å². The largest absolute Gasteiger partial charge is 0.409 e. The van der Waals surface area contributed by atoms with Crippen molar-refractivity contribution in [3.05, 3.63) is 40.5 Å². The third kappa shape index (κ3) is 2.01. The molecule has 0 aromatic carbocycles. The van der Waals surface area contributed by atoms with Gasteiger partial charge in [0, 0.05) is 18.6 Å². The van der Waals surface area contributed by atoms with Crippen LogP contribution in [0.2, 0.25) is 0 Å². The van der Waals surface area contributed by atoms with E-state index < -0.39 is 0 Å². The molecule has 0 saturated carbocycles. The van der Waals surface area contributed by atoms with Crippen molar-refractivity contribution in [1.29, 1.82) is 0 Å². The van der Waals surface area contributed by atoms with Crippen LogP contribution in [0.1, 0.15) is 11.4 Å². The monoisotopic (exact) mass is 295 g/mol. The molecule has 0 aliphatic carbocycles. The van der Waals surface area contributed by atoms with Crippen LogP contribution >= 0.6 is 15.9 Å². The zero-order valence-corrected chi connectivity index (χ0v) is 10.6. The first-order valence-corrected chi connectivity index (χ1v) is 5.57. The van der Waals surface area contributed by atoms with Gasteiger partial charge in [0.2, 0.25) is 5.84 Å². The first-order chi connectivity index (χ1) is 8.15. The van der Waals surface area contributed by atoms with Gasteiger partial charge in [-0.15, -0.1) is 0 Å². The molecule has 0 bridgehead atoms. The van der Waals surface area contributed by atoms with E-state index in [1.54, 1.807) is 23.2 Å². The predicted molar refractivity (Wildman–Crippen MR) is 66.3 cm³/mol. The molecule has 88 valence electrons. The van der Waals surface area contributed by atoms with E-state index in [1.807, 2.05) is 13.0 Å². The van der Waals surface area contributed by atoms with Crippen LogP contribution in [0, 0.1) is 6.92 Å². The summed E-state index contributed by atoms with van der Waals surface area (Å²) in [4.78, 5) is 8.26. The van der Waals surface area contributed by atoms with Crippen molar-refractivity contribution in [2.24, 2.45) is 10.9 Å². The minimum absolute atomic E-state index is 0.0646. The van der Waals surface area contributed by atoms with Crippen molar-refractivity contribution in [1.82, 2.24) is 14.5 Å². The van der Waals surface area contributed by atoms with E-state index in [0.29, 0.717) is 11.6 Å². The van der Waals surface area contributed by atoms with Crippen LogP contribution in [0.3, 0.4) is 0 Å². The number of aromatic nitrogens is 3. The Kier molecular flexibility index (Phi) is 3.10. The van der Waals surface area contributed by atoms with Crippen LogP contribution in [0.4, 0.5) is 0 Å². The lowest BCUT2D eigenvalue weighted by Gasteiger charge is -2.09. The predicted octanol–water partition coefficient (Wildman–Crippen LogP) is 1.43. The van der Waals surface area contributed by atoms with E-state index in [9.17, 15) is 0 Å². The standard InChI is InChI=1S/C10H10BrN5O/c1-6-2-3-13-9(7(6)11)16-5-4-14-10(16)8(12)15-17/h2-5,17H,1H3,(H2,12,15). The maximum Gasteiger partial charge on any atom is 0.206 e. The van der Waals surface area contributed by atoms with Gasteiger partial charge in [0.1, 0.15) is 0 Å². The molecule has 0 radical (unpaired) electrons. The summed E-state index contributed by atoms with van der Waals surface area (Å²) < 4.78 is 2.48. The van der Waals surface area contributed by atoms with Crippen molar-refractivity contribution in [3.63, 3.8) is 0 Å². The maximum absolute atomic E-state index is 8.68. The summed E-state index contributed by atoms with van der Waals surface area (Å²) in [5.74, 6) is 0.917. The molecule has 17 heavy (non-hydrogen) atoms. The molecule has 0 amide bonds. The summed E-state index contributed by atoms with van der Waals surface area (Å²) >= 11 is 3.45. The first-order valence-electron chi connectivity index (χ1n) is 4.78. The number of pyridine rings is 1. The van der Waals surface area contributed by atoms with Gasteiger partial charge in [-0.2, -0.15) is 0 Å². The Morgan fingerprint density at radius 3 is 2.94 bits per heavy atom. The Bertz CT molecular complexity index is 578. The highest BCUT2D eigenvalue weighted by atomic mass is 79.9. The van der Waals surface area contributed by atoms with Gasteiger partial charge in [0.15, 0.2) is 11.6 Å². The Balaban J connectivity index is 2.62. The molecule has 0 unspecified atom stereocenters. The Morgan fingerprint density at radius 2 is 2.24 bits per heavy atom. The lowest BCUT2D eigenvalue weighted by atomic mass is 10.3. The van der Waals surface area contributed by atoms with Crippen LogP contribution in [0.25, 0.3) is 5.82 Å². The summed E-state index contributed by atoms with van der Waals surface area (Å²) in [5, 5.41) is 11.6. The van der Waals surface area contributed by atoms with Gasteiger partial charge in [0.05, 0.1) is 4.47 Å². The van der Waals surface area contributed by atoms with Crippen LogP contribution < -0.4 is 5.73 Å². The number of oxime groups is 1. The fraction of sp³-hybridized carbons (Fsp3) is 0.100. The highest BCUT2D eigenvalue weighted by molar-refractivity contribution is 9.10. The van der Waals surface area contributed by atoms with Crippen LogP contribution in [-0.2, 0) is 0 Å².